The van der Waals surface area contributed by atoms with Crippen LogP contribution < -0.4 is 5.32 Å². The van der Waals surface area contributed by atoms with Crippen LogP contribution in [0.4, 0.5) is 5.00 Å². The normalized spacial score (nSPS) is 10.9. The molecule has 8 heteroatoms. The summed E-state index contributed by atoms with van der Waals surface area (Å²) in [6.45, 7) is 1.85. The number of ether oxygens (including phenoxy) is 1. The highest BCUT2D eigenvalue weighted by atomic mass is 35.5. The summed E-state index contributed by atoms with van der Waals surface area (Å²) >= 11 is 7.27. The number of aryl methyl sites for hydroxylation is 1. The van der Waals surface area contributed by atoms with Crippen LogP contribution in [0.2, 0.25) is 5.02 Å². The number of hydrogen-bond donors (Lipinski definition) is 1. The molecule has 1 N–H and O–H groups in total. The molecular formula is C27H19ClN2O4S. The Morgan fingerprint density at radius 1 is 1.06 bits per heavy atom. The van der Waals surface area contributed by atoms with Gasteiger partial charge in [0.1, 0.15) is 22.0 Å². The number of nitrogens with one attached hydrogen (secondary N) is 1. The van der Waals surface area contributed by atoms with Gasteiger partial charge in [-0.05, 0) is 48.9 Å². The lowest BCUT2D eigenvalue weighted by Crippen LogP contribution is -2.15. The molecule has 0 aliphatic rings. The quantitative estimate of drug-likeness (QED) is 0.256. The molecule has 6 nitrogen and oxygen atoms in total. The summed E-state index contributed by atoms with van der Waals surface area (Å²) in [5, 5.41) is 6.39. The average molecular weight is 503 g/mol. The Bertz CT molecular complexity index is 1570. The van der Waals surface area contributed by atoms with Crippen molar-refractivity contribution in [1.82, 2.24) is 4.98 Å². The number of carbonyl (C=O) groups excluding carboxylic acids is 2. The lowest BCUT2D eigenvalue weighted by molar-refractivity contribution is 0.0603. The molecule has 0 aliphatic carbocycles. The first kappa shape index (κ1) is 22.8. The number of halogens is 1. The second kappa shape index (κ2) is 9.37. The lowest BCUT2D eigenvalue weighted by atomic mass is 10.0. The van der Waals surface area contributed by atoms with Crippen molar-refractivity contribution in [2.75, 3.05) is 12.4 Å². The standard InChI is InChI=1S/C27H19ClN2O4S/c1-15-7-12-23(34-15)22-13-19(18-5-3-4-6-21(18)29-22)25(31)30-26-24(27(32)33-2)20(14-35-26)16-8-10-17(28)11-9-16/h3-14H,1-2H3,(H,30,31). The zero-order valence-corrected chi connectivity index (χ0v) is 20.4. The van der Waals surface area contributed by atoms with E-state index in [-0.39, 0.29) is 11.5 Å². The van der Waals surface area contributed by atoms with Crippen molar-refractivity contribution >= 4 is 50.7 Å². The van der Waals surface area contributed by atoms with Crippen LogP contribution in [-0.2, 0) is 4.74 Å². The van der Waals surface area contributed by atoms with E-state index in [0.717, 1.165) is 11.3 Å². The number of benzene rings is 2. The fourth-order valence-electron chi connectivity index (χ4n) is 3.83. The minimum absolute atomic E-state index is 0.286. The van der Waals surface area contributed by atoms with Crippen LogP contribution in [0, 0.1) is 6.92 Å². The highest BCUT2D eigenvalue weighted by Crippen LogP contribution is 2.37. The summed E-state index contributed by atoms with van der Waals surface area (Å²) in [7, 11) is 1.31. The number of para-hydroxylation sites is 1. The van der Waals surface area contributed by atoms with E-state index in [0.29, 0.717) is 43.5 Å². The van der Waals surface area contributed by atoms with Crippen LogP contribution in [-0.4, -0.2) is 24.0 Å². The number of esters is 1. The maximum Gasteiger partial charge on any atom is 0.341 e. The highest BCUT2D eigenvalue weighted by Gasteiger charge is 2.24. The first-order valence-electron chi connectivity index (χ1n) is 10.7. The summed E-state index contributed by atoms with van der Waals surface area (Å²) in [4.78, 5) is 30.9. The molecule has 0 fully saturated rings. The van der Waals surface area contributed by atoms with Crippen molar-refractivity contribution in [3.63, 3.8) is 0 Å². The van der Waals surface area contributed by atoms with Gasteiger partial charge in [-0.25, -0.2) is 9.78 Å². The number of thiophene rings is 1. The van der Waals surface area contributed by atoms with Crippen LogP contribution in [0.5, 0.6) is 0 Å². The van der Waals surface area contributed by atoms with Gasteiger partial charge in [0.2, 0.25) is 0 Å². The maximum atomic E-state index is 13.5. The molecular weight excluding hydrogens is 484 g/mol. The number of hydrogen-bond acceptors (Lipinski definition) is 6. The predicted octanol–water partition coefficient (Wildman–Crippen LogP) is 7.22. The largest absolute Gasteiger partial charge is 0.465 e. The van der Waals surface area contributed by atoms with Crippen LogP contribution in [0.3, 0.4) is 0 Å². The fourth-order valence-corrected chi connectivity index (χ4v) is 4.91. The topological polar surface area (TPSA) is 81.4 Å². The van der Waals surface area contributed by atoms with Gasteiger partial charge in [-0.2, -0.15) is 0 Å². The molecule has 0 saturated carbocycles. The molecule has 174 valence electrons. The molecule has 5 aromatic rings. The van der Waals surface area contributed by atoms with Gasteiger partial charge in [0.15, 0.2) is 5.76 Å². The minimum Gasteiger partial charge on any atom is -0.465 e. The van der Waals surface area contributed by atoms with Gasteiger partial charge >= 0.3 is 5.97 Å². The van der Waals surface area contributed by atoms with E-state index in [1.165, 1.54) is 18.4 Å². The molecule has 3 heterocycles. The van der Waals surface area contributed by atoms with E-state index in [2.05, 4.69) is 10.3 Å². The molecule has 5 rings (SSSR count). The number of nitrogens with zero attached hydrogens (tertiary/aromatic N) is 1. The average Bonchev–Trinajstić information content (AvgIpc) is 3.49. The molecule has 0 unspecified atom stereocenters. The molecule has 35 heavy (non-hydrogen) atoms. The summed E-state index contributed by atoms with van der Waals surface area (Å²) < 4.78 is 10.8. The van der Waals surface area contributed by atoms with E-state index in [9.17, 15) is 9.59 Å². The Hall–Kier alpha value is -3.94. The van der Waals surface area contributed by atoms with Crippen LogP contribution in [0.15, 0.2) is 76.5 Å². The second-order valence-electron chi connectivity index (χ2n) is 7.79. The smallest absolute Gasteiger partial charge is 0.341 e. The molecule has 2 aromatic carbocycles. The lowest BCUT2D eigenvalue weighted by Gasteiger charge is -2.11. The Labute approximate surface area is 210 Å². The summed E-state index contributed by atoms with van der Waals surface area (Å²) in [5.41, 5.74) is 3.34. The number of rotatable bonds is 5. The van der Waals surface area contributed by atoms with Gasteiger partial charge < -0.3 is 14.5 Å². The third kappa shape index (κ3) is 4.43. The van der Waals surface area contributed by atoms with E-state index >= 15 is 0 Å². The molecule has 0 bridgehead atoms. The van der Waals surface area contributed by atoms with Crippen LogP contribution in [0.1, 0.15) is 26.5 Å². The van der Waals surface area contributed by atoms with Gasteiger partial charge in [0.05, 0.1) is 18.2 Å². The SMILES string of the molecule is COC(=O)c1c(-c2ccc(Cl)cc2)csc1NC(=O)c1cc(-c2ccc(C)o2)nc2ccccc12. The number of amides is 1. The summed E-state index contributed by atoms with van der Waals surface area (Å²) in [5.74, 6) is 0.399. The zero-order valence-electron chi connectivity index (χ0n) is 18.8. The maximum absolute atomic E-state index is 13.5. The molecule has 0 saturated heterocycles. The number of carbonyl (C=O) groups is 2. The highest BCUT2D eigenvalue weighted by molar-refractivity contribution is 7.15. The van der Waals surface area contributed by atoms with Crippen molar-refractivity contribution in [1.29, 1.82) is 0 Å². The third-order valence-corrected chi connectivity index (χ3v) is 6.66. The van der Waals surface area contributed by atoms with Crippen LogP contribution in [0.25, 0.3) is 33.5 Å². The Morgan fingerprint density at radius 2 is 1.83 bits per heavy atom. The Balaban J connectivity index is 1.58. The van der Waals surface area contributed by atoms with E-state index in [1.807, 2.05) is 60.8 Å². The molecule has 0 aliphatic heterocycles. The van der Waals surface area contributed by atoms with Crippen molar-refractivity contribution in [2.45, 2.75) is 6.92 Å². The minimum atomic E-state index is -0.544. The number of anilines is 1. The van der Waals surface area contributed by atoms with Crippen molar-refractivity contribution in [2.24, 2.45) is 0 Å². The molecule has 0 atom stereocenters. The first-order valence-corrected chi connectivity index (χ1v) is 11.9. The van der Waals surface area contributed by atoms with Gasteiger partial charge in [-0.1, -0.05) is 41.9 Å². The predicted molar refractivity (Wildman–Crippen MR) is 138 cm³/mol. The van der Waals surface area contributed by atoms with Gasteiger partial charge in [0.25, 0.3) is 5.91 Å². The van der Waals surface area contributed by atoms with E-state index in [4.69, 9.17) is 20.8 Å². The monoisotopic (exact) mass is 502 g/mol. The Morgan fingerprint density at radius 3 is 2.54 bits per heavy atom. The number of furan rings is 1. The second-order valence-corrected chi connectivity index (χ2v) is 9.10. The van der Waals surface area contributed by atoms with Gasteiger partial charge in [-0.15, -0.1) is 11.3 Å². The first-order chi connectivity index (χ1) is 16.9. The van der Waals surface area contributed by atoms with E-state index in [1.54, 1.807) is 18.2 Å². The summed E-state index contributed by atoms with van der Waals surface area (Å²) in [6.07, 6.45) is 0. The molecule has 0 radical (unpaired) electrons. The van der Waals surface area contributed by atoms with Gasteiger partial charge in [-0.3, -0.25) is 4.79 Å². The van der Waals surface area contributed by atoms with Crippen LogP contribution >= 0.6 is 22.9 Å². The Kier molecular flexibility index (Phi) is 6.11. The van der Waals surface area contributed by atoms with Crippen molar-refractivity contribution in [3.05, 3.63) is 94.0 Å². The van der Waals surface area contributed by atoms with Gasteiger partial charge in [0, 0.05) is 21.4 Å². The summed E-state index contributed by atoms with van der Waals surface area (Å²) in [6, 6.07) is 19.9. The molecule has 3 aromatic heterocycles. The molecule has 0 spiro atoms. The van der Waals surface area contributed by atoms with Crippen molar-refractivity contribution < 1.29 is 18.7 Å². The van der Waals surface area contributed by atoms with E-state index < -0.39 is 5.97 Å². The molecule has 1 amide bonds. The number of fused-ring (bicyclic) bond motifs is 1. The number of aromatic nitrogens is 1. The number of pyridine rings is 1. The zero-order chi connectivity index (χ0) is 24.5. The fraction of sp³-hybridized carbons (Fsp3) is 0.0741. The number of methoxy groups -OCH3 is 1. The van der Waals surface area contributed by atoms with Crippen molar-refractivity contribution in [3.8, 4) is 22.6 Å². The third-order valence-electron chi connectivity index (χ3n) is 5.52.